The predicted molar refractivity (Wildman–Crippen MR) is 54.3 cm³/mol. The Balaban J connectivity index is 1.99. The number of rotatable bonds is 3. The maximum atomic E-state index is 5.68. The number of methoxy groups -OCH3 is 1. The number of hydrogen-bond donors (Lipinski definition) is 0. The van der Waals surface area contributed by atoms with Gasteiger partial charge in [0.2, 0.25) is 0 Å². The highest BCUT2D eigenvalue weighted by Crippen LogP contribution is 2.52. The maximum absolute atomic E-state index is 5.68. The van der Waals surface area contributed by atoms with E-state index in [9.17, 15) is 0 Å². The predicted octanol–water partition coefficient (Wildman–Crippen LogP) is 0.874. The van der Waals surface area contributed by atoms with Gasteiger partial charge in [-0.15, -0.1) is 0 Å². The van der Waals surface area contributed by atoms with E-state index in [1.54, 1.807) is 18.0 Å². The lowest BCUT2D eigenvalue weighted by atomic mass is 10.0. The van der Waals surface area contributed by atoms with Crippen LogP contribution in [-0.4, -0.2) is 36.2 Å². The molecule has 1 aromatic rings. The molecule has 3 rings (SSSR count). The molecular weight excluding hydrogens is 264 g/mol. The van der Waals surface area contributed by atoms with Crippen LogP contribution in [0.2, 0.25) is 0 Å². The van der Waals surface area contributed by atoms with Crippen molar-refractivity contribution in [2.45, 2.75) is 18.4 Å². The van der Waals surface area contributed by atoms with Crippen molar-refractivity contribution < 1.29 is 14.2 Å². The summed E-state index contributed by atoms with van der Waals surface area (Å²) in [6, 6.07) is 0. The van der Waals surface area contributed by atoms with Crippen LogP contribution in [0.3, 0.4) is 0 Å². The van der Waals surface area contributed by atoms with Crippen LogP contribution in [0, 0.1) is 0 Å². The van der Waals surface area contributed by atoms with Crippen LogP contribution < -0.4 is 0 Å². The van der Waals surface area contributed by atoms with Gasteiger partial charge in [0.1, 0.15) is 12.8 Å². The standard InChI is InChI=1S/C9H11BrN2O3/c1-13-5-12-8(6(10)2-11-12)9-4-14-3-7(9)15-9/h2,7H,3-5H2,1H3/t7-,9-/m1/s1. The Morgan fingerprint density at radius 1 is 1.80 bits per heavy atom. The first-order valence-corrected chi connectivity index (χ1v) is 5.53. The maximum Gasteiger partial charge on any atom is 0.163 e. The molecule has 0 radical (unpaired) electrons. The van der Waals surface area contributed by atoms with E-state index < -0.39 is 0 Å². The molecule has 15 heavy (non-hydrogen) atoms. The molecule has 2 atom stereocenters. The van der Waals surface area contributed by atoms with Crippen molar-refractivity contribution >= 4 is 15.9 Å². The molecule has 82 valence electrons. The minimum absolute atomic E-state index is 0.182. The third-order valence-electron chi connectivity index (χ3n) is 2.85. The van der Waals surface area contributed by atoms with Crippen molar-refractivity contribution in [3.05, 3.63) is 16.4 Å². The van der Waals surface area contributed by atoms with Crippen LogP contribution >= 0.6 is 15.9 Å². The fraction of sp³-hybridized carbons (Fsp3) is 0.667. The number of epoxide rings is 1. The third-order valence-corrected chi connectivity index (χ3v) is 3.43. The Morgan fingerprint density at radius 2 is 2.67 bits per heavy atom. The molecule has 5 nitrogen and oxygen atoms in total. The Kier molecular flexibility index (Phi) is 2.14. The normalized spacial score (nSPS) is 33.1. The number of aromatic nitrogens is 2. The zero-order valence-electron chi connectivity index (χ0n) is 8.27. The fourth-order valence-electron chi connectivity index (χ4n) is 2.11. The van der Waals surface area contributed by atoms with Crippen LogP contribution in [0.5, 0.6) is 0 Å². The quantitative estimate of drug-likeness (QED) is 0.768. The molecule has 0 unspecified atom stereocenters. The van der Waals surface area contributed by atoms with E-state index >= 15 is 0 Å². The molecule has 0 aromatic carbocycles. The lowest BCUT2D eigenvalue weighted by molar-refractivity contribution is 0.0595. The fourth-order valence-corrected chi connectivity index (χ4v) is 2.74. The van der Waals surface area contributed by atoms with E-state index in [0.29, 0.717) is 19.9 Å². The van der Waals surface area contributed by atoms with Gasteiger partial charge in [0, 0.05) is 7.11 Å². The minimum atomic E-state index is -0.284. The molecule has 3 heterocycles. The summed E-state index contributed by atoms with van der Waals surface area (Å²) in [5.41, 5.74) is 0.736. The van der Waals surface area contributed by atoms with E-state index in [0.717, 1.165) is 10.2 Å². The highest BCUT2D eigenvalue weighted by Gasteiger charge is 2.64. The second kappa shape index (κ2) is 3.28. The first-order valence-electron chi connectivity index (χ1n) is 4.74. The van der Waals surface area contributed by atoms with Gasteiger partial charge in [0.15, 0.2) is 5.60 Å². The summed E-state index contributed by atoms with van der Waals surface area (Å²) >= 11 is 3.48. The minimum Gasteiger partial charge on any atom is -0.375 e. The lowest BCUT2D eigenvalue weighted by Crippen LogP contribution is -2.20. The monoisotopic (exact) mass is 274 g/mol. The average Bonchev–Trinajstić information content (AvgIpc) is 2.58. The summed E-state index contributed by atoms with van der Waals surface area (Å²) in [5.74, 6) is 0. The van der Waals surface area contributed by atoms with Crippen LogP contribution in [0.15, 0.2) is 10.7 Å². The van der Waals surface area contributed by atoms with Crippen molar-refractivity contribution in [2.75, 3.05) is 20.3 Å². The molecule has 6 heteroatoms. The Bertz CT molecular complexity index is 395. The summed E-state index contributed by atoms with van der Waals surface area (Å²) in [7, 11) is 1.65. The SMILES string of the molecule is COCn1ncc(Br)c1[C@@]12COC[C@H]1O2. The van der Waals surface area contributed by atoms with Gasteiger partial charge in [-0.05, 0) is 15.9 Å². The highest BCUT2D eigenvalue weighted by molar-refractivity contribution is 9.10. The molecular formula is C9H11BrN2O3. The summed E-state index contributed by atoms with van der Waals surface area (Å²) in [6.07, 6.45) is 1.95. The summed E-state index contributed by atoms with van der Waals surface area (Å²) in [5, 5.41) is 4.23. The zero-order chi connectivity index (χ0) is 10.5. The van der Waals surface area contributed by atoms with E-state index in [1.807, 2.05) is 0 Å². The molecule has 1 aromatic heterocycles. The first-order chi connectivity index (χ1) is 7.28. The molecule has 2 fully saturated rings. The summed E-state index contributed by atoms with van der Waals surface area (Å²) in [6.45, 7) is 1.70. The van der Waals surface area contributed by atoms with Crippen molar-refractivity contribution in [2.24, 2.45) is 0 Å². The van der Waals surface area contributed by atoms with Crippen molar-refractivity contribution in [3.8, 4) is 0 Å². The second-order valence-electron chi connectivity index (χ2n) is 3.77. The van der Waals surface area contributed by atoms with Crippen LogP contribution in [0.1, 0.15) is 5.69 Å². The molecule has 2 aliphatic heterocycles. The molecule has 0 bridgehead atoms. The third kappa shape index (κ3) is 1.29. The molecule has 0 aliphatic carbocycles. The smallest absolute Gasteiger partial charge is 0.163 e. The second-order valence-corrected chi connectivity index (χ2v) is 4.62. The molecule has 0 spiro atoms. The highest BCUT2D eigenvalue weighted by atomic mass is 79.9. The van der Waals surface area contributed by atoms with Gasteiger partial charge < -0.3 is 14.2 Å². The van der Waals surface area contributed by atoms with Gasteiger partial charge >= 0.3 is 0 Å². The van der Waals surface area contributed by atoms with Gasteiger partial charge in [-0.2, -0.15) is 5.10 Å². The van der Waals surface area contributed by atoms with Crippen LogP contribution in [0.4, 0.5) is 0 Å². The molecule has 2 saturated heterocycles. The summed E-state index contributed by atoms with van der Waals surface area (Å²) < 4.78 is 18.9. The number of fused-ring (bicyclic) bond motifs is 1. The Labute approximate surface area is 95.4 Å². The van der Waals surface area contributed by atoms with Crippen LogP contribution in [-0.2, 0) is 26.5 Å². The number of nitrogens with zero attached hydrogens (tertiary/aromatic N) is 2. The number of ether oxygens (including phenoxy) is 3. The molecule has 0 N–H and O–H groups in total. The Hall–Kier alpha value is -0.430. The number of hydrogen-bond acceptors (Lipinski definition) is 4. The topological polar surface area (TPSA) is 48.8 Å². The Morgan fingerprint density at radius 3 is 3.27 bits per heavy atom. The van der Waals surface area contributed by atoms with Crippen molar-refractivity contribution in [1.29, 1.82) is 0 Å². The molecule has 2 aliphatic rings. The van der Waals surface area contributed by atoms with Gasteiger partial charge in [-0.25, -0.2) is 4.68 Å². The lowest BCUT2D eigenvalue weighted by Gasteiger charge is -2.11. The molecule has 0 amide bonds. The van der Waals surface area contributed by atoms with E-state index in [1.165, 1.54) is 0 Å². The average molecular weight is 275 g/mol. The largest absolute Gasteiger partial charge is 0.375 e. The van der Waals surface area contributed by atoms with E-state index in [-0.39, 0.29) is 11.7 Å². The van der Waals surface area contributed by atoms with Crippen LogP contribution in [0.25, 0.3) is 0 Å². The van der Waals surface area contributed by atoms with Gasteiger partial charge in [-0.1, -0.05) is 0 Å². The zero-order valence-corrected chi connectivity index (χ0v) is 9.86. The van der Waals surface area contributed by atoms with Gasteiger partial charge in [0.05, 0.1) is 29.6 Å². The van der Waals surface area contributed by atoms with E-state index in [2.05, 4.69) is 21.0 Å². The van der Waals surface area contributed by atoms with Crippen molar-refractivity contribution in [1.82, 2.24) is 9.78 Å². The van der Waals surface area contributed by atoms with Crippen molar-refractivity contribution in [3.63, 3.8) is 0 Å². The summed E-state index contributed by atoms with van der Waals surface area (Å²) in [4.78, 5) is 0. The molecule has 0 saturated carbocycles. The van der Waals surface area contributed by atoms with Gasteiger partial charge in [-0.3, -0.25) is 0 Å². The first kappa shape index (κ1) is 9.77. The van der Waals surface area contributed by atoms with E-state index in [4.69, 9.17) is 14.2 Å². The van der Waals surface area contributed by atoms with Gasteiger partial charge in [0.25, 0.3) is 0 Å². The number of halogens is 1.